The maximum absolute atomic E-state index is 10.5. The average Bonchev–Trinajstić information content (AvgIpc) is 2.37. The van der Waals surface area contributed by atoms with E-state index in [0.29, 0.717) is 0 Å². The molecule has 12 heavy (non-hydrogen) atoms. The van der Waals surface area contributed by atoms with Crippen molar-refractivity contribution < 1.29 is 14.3 Å². The van der Waals surface area contributed by atoms with Crippen LogP contribution in [0.15, 0.2) is 10.6 Å². The molecule has 0 aliphatic heterocycles. The SMILES string of the molecule is NCC(C(=O)O)c1cnc(Cl)o1. The van der Waals surface area contributed by atoms with Gasteiger partial charge in [0.05, 0.1) is 6.20 Å². The van der Waals surface area contributed by atoms with Gasteiger partial charge in [0.15, 0.2) is 0 Å². The Hall–Kier alpha value is -1.07. The number of oxazole rings is 1. The number of aliphatic carboxylic acids is 1. The summed E-state index contributed by atoms with van der Waals surface area (Å²) in [6.45, 7) is -0.0408. The summed E-state index contributed by atoms with van der Waals surface area (Å²) in [7, 11) is 0. The van der Waals surface area contributed by atoms with E-state index in [1.807, 2.05) is 0 Å². The fraction of sp³-hybridized carbons (Fsp3) is 0.333. The quantitative estimate of drug-likeness (QED) is 0.723. The fourth-order valence-corrected chi connectivity index (χ4v) is 0.902. The zero-order chi connectivity index (χ0) is 9.14. The summed E-state index contributed by atoms with van der Waals surface area (Å²) >= 11 is 5.35. The molecule has 1 atom stereocenters. The van der Waals surface area contributed by atoms with Gasteiger partial charge in [-0.1, -0.05) is 0 Å². The second-order valence-corrected chi connectivity index (χ2v) is 2.47. The Kier molecular flexibility index (Phi) is 2.67. The molecule has 1 aromatic rings. The second-order valence-electron chi connectivity index (χ2n) is 2.14. The molecular weight excluding hydrogens is 184 g/mol. The lowest BCUT2D eigenvalue weighted by molar-refractivity contribution is -0.138. The molecule has 0 fully saturated rings. The summed E-state index contributed by atoms with van der Waals surface area (Å²) in [5.74, 6) is -1.75. The number of nitrogens with zero attached hydrogens (tertiary/aromatic N) is 1. The molecule has 1 aromatic heterocycles. The first-order valence-electron chi connectivity index (χ1n) is 3.19. The van der Waals surface area contributed by atoms with Gasteiger partial charge in [-0.2, -0.15) is 0 Å². The van der Waals surface area contributed by atoms with Crippen molar-refractivity contribution in [2.75, 3.05) is 6.54 Å². The molecule has 0 radical (unpaired) electrons. The van der Waals surface area contributed by atoms with Crippen molar-refractivity contribution in [3.05, 3.63) is 17.3 Å². The van der Waals surface area contributed by atoms with E-state index in [1.54, 1.807) is 0 Å². The van der Waals surface area contributed by atoms with E-state index < -0.39 is 11.9 Å². The maximum atomic E-state index is 10.5. The van der Waals surface area contributed by atoms with E-state index in [9.17, 15) is 4.79 Å². The number of carboxylic acids is 1. The van der Waals surface area contributed by atoms with E-state index in [1.165, 1.54) is 6.20 Å². The minimum Gasteiger partial charge on any atom is -0.481 e. The van der Waals surface area contributed by atoms with Crippen molar-refractivity contribution in [2.45, 2.75) is 5.92 Å². The molecule has 0 saturated carbocycles. The second kappa shape index (κ2) is 3.55. The van der Waals surface area contributed by atoms with Gasteiger partial charge in [-0.15, -0.1) is 0 Å². The molecule has 66 valence electrons. The van der Waals surface area contributed by atoms with Crippen molar-refractivity contribution >= 4 is 17.6 Å². The van der Waals surface area contributed by atoms with Crippen LogP contribution >= 0.6 is 11.6 Å². The van der Waals surface area contributed by atoms with Crippen LogP contribution in [-0.2, 0) is 4.79 Å². The third kappa shape index (κ3) is 1.75. The van der Waals surface area contributed by atoms with Crippen LogP contribution in [0.3, 0.4) is 0 Å². The molecule has 0 amide bonds. The van der Waals surface area contributed by atoms with Crippen LogP contribution in [0.2, 0.25) is 5.35 Å². The number of halogens is 1. The molecule has 1 heterocycles. The van der Waals surface area contributed by atoms with E-state index in [-0.39, 0.29) is 17.7 Å². The Labute approximate surface area is 73.1 Å². The predicted molar refractivity (Wildman–Crippen MR) is 40.9 cm³/mol. The molecule has 3 N–H and O–H groups in total. The average molecular weight is 191 g/mol. The van der Waals surface area contributed by atoms with E-state index in [2.05, 4.69) is 4.98 Å². The zero-order valence-electron chi connectivity index (χ0n) is 6.03. The first kappa shape index (κ1) is 9.02. The molecule has 0 aromatic carbocycles. The first-order chi connectivity index (χ1) is 5.65. The van der Waals surface area contributed by atoms with Crippen LogP contribution in [0.25, 0.3) is 0 Å². The third-order valence-electron chi connectivity index (χ3n) is 1.37. The van der Waals surface area contributed by atoms with Crippen LogP contribution < -0.4 is 5.73 Å². The van der Waals surface area contributed by atoms with Crippen LogP contribution in [0.1, 0.15) is 11.7 Å². The minimum absolute atomic E-state index is 0.0408. The Morgan fingerprint density at radius 2 is 2.58 bits per heavy atom. The van der Waals surface area contributed by atoms with Crippen molar-refractivity contribution in [3.8, 4) is 0 Å². The Morgan fingerprint density at radius 1 is 1.92 bits per heavy atom. The summed E-state index contributed by atoms with van der Waals surface area (Å²) in [6, 6.07) is 0. The number of hydrogen-bond donors (Lipinski definition) is 2. The Balaban J connectivity index is 2.87. The van der Waals surface area contributed by atoms with Crippen molar-refractivity contribution in [2.24, 2.45) is 5.73 Å². The fourth-order valence-electron chi connectivity index (χ4n) is 0.764. The van der Waals surface area contributed by atoms with Gasteiger partial charge < -0.3 is 15.3 Å². The number of carboxylic acid groups (broad SMARTS) is 1. The summed E-state index contributed by atoms with van der Waals surface area (Å²) < 4.78 is 4.79. The van der Waals surface area contributed by atoms with Gasteiger partial charge >= 0.3 is 5.97 Å². The van der Waals surface area contributed by atoms with Crippen LogP contribution in [-0.4, -0.2) is 22.6 Å². The zero-order valence-corrected chi connectivity index (χ0v) is 6.78. The summed E-state index contributed by atoms with van der Waals surface area (Å²) in [6.07, 6.45) is 1.26. The lowest BCUT2D eigenvalue weighted by Gasteiger charge is -2.03. The molecule has 0 aliphatic carbocycles. The molecule has 6 heteroatoms. The van der Waals surface area contributed by atoms with E-state index in [4.69, 9.17) is 26.9 Å². The van der Waals surface area contributed by atoms with Gasteiger partial charge in [0.2, 0.25) is 0 Å². The van der Waals surface area contributed by atoms with Crippen LogP contribution in [0.5, 0.6) is 0 Å². The van der Waals surface area contributed by atoms with E-state index >= 15 is 0 Å². The number of aromatic nitrogens is 1. The standard InChI is InChI=1S/C6H7ClN2O3/c7-6-9-2-4(12-6)3(1-8)5(10)11/h2-3H,1,8H2,(H,10,11). The molecule has 0 bridgehead atoms. The Morgan fingerprint density at radius 3 is 2.92 bits per heavy atom. The predicted octanol–water partition coefficient (Wildman–Crippen LogP) is 0.455. The highest BCUT2D eigenvalue weighted by Gasteiger charge is 2.21. The highest BCUT2D eigenvalue weighted by atomic mass is 35.5. The highest BCUT2D eigenvalue weighted by molar-refractivity contribution is 6.27. The first-order valence-corrected chi connectivity index (χ1v) is 3.57. The summed E-state index contributed by atoms with van der Waals surface area (Å²) in [4.78, 5) is 14.1. The number of nitrogens with two attached hydrogens (primary N) is 1. The molecule has 0 spiro atoms. The monoisotopic (exact) mass is 190 g/mol. The Bertz CT molecular complexity index is 286. The van der Waals surface area contributed by atoms with E-state index in [0.717, 1.165) is 0 Å². The van der Waals surface area contributed by atoms with Gasteiger partial charge in [0.25, 0.3) is 5.35 Å². The van der Waals surface area contributed by atoms with Gasteiger partial charge in [0, 0.05) is 6.54 Å². The van der Waals surface area contributed by atoms with Crippen LogP contribution in [0, 0.1) is 0 Å². The van der Waals surface area contributed by atoms with Gasteiger partial charge in [-0.3, -0.25) is 4.79 Å². The lowest BCUT2D eigenvalue weighted by Crippen LogP contribution is -2.20. The number of hydrogen-bond acceptors (Lipinski definition) is 4. The van der Waals surface area contributed by atoms with Crippen molar-refractivity contribution in [1.82, 2.24) is 4.98 Å². The van der Waals surface area contributed by atoms with Crippen molar-refractivity contribution in [3.63, 3.8) is 0 Å². The highest BCUT2D eigenvalue weighted by Crippen LogP contribution is 2.18. The van der Waals surface area contributed by atoms with Gasteiger partial charge in [-0.05, 0) is 11.6 Å². The third-order valence-corrected chi connectivity index (χ3v) is 1.55. The number of carbonyl (C=O) groups is 1. The topological polar surface area (TPSA) is 89.4 Å². The van der Waals surface area contributed by atoms with Gasteiger partial charge in [0.1, 0.15) is 11.7 Å². The number of rotatable bonds is 3. The molecule has 5 nitrogen and oxygen atoms in total. The maximum Gasteiger partial charge on any atom is 0.315 e. The smallest absolute Gasteiger partial charge is 0.315 e. The normalized spacial score (nSPS) is 12.8. The summed E-state index contributed by atoms with van der Waals surface area (Å²) in [5, 5.41) is 8.55. The summed E-state index contributed by atoms with van der Waals surface area (Å²) in [5.41, 5.74) is 5.20. The molecule has 1 unspecified atom stereocenters. The lowest BCUT2D eigenvalue weighted by atomic mass is 10.1. The van der Waals surface area contributed by atoms with Crippen molar-refractivity contribution in [1.29, 1.82) is 0 Å². The largest absolute Gasteiger partial charge is 0.481 e. The van der Waals surface area contributed by atoms with Gasteiger partial charge in [-0.25, -0.2) is 4.98 Å². The van der Waals surface area contributed by atoms with Crippen LogP contribution in [0.4, 0.5) is 0 Å². The minimum atomic E-state index is -1.05. The molecule has 1 rings (SSSR count). The molecule has 0 saturated heterocycles. The molecular formula is C6H7ClN2O3. The molecule has 0 aliphatic rings.